The van der Waals surface area contributed by atoms with Crippen molar-refractivity contribution in [3.8, 4) is 0 Å². The van der Waals surface area contributed by atoms with E-state index < -0.39 is 0 Å². The Hall–Kier alpha value is -2.13. The molecule has 1 fully saturated rings. The SMILES string of the molecule is Cc1[nH]c2c(ccc3ccccc32)c(=O)c1C[NH+]1CCCCC1. The Morgan fingerprint density at radius 2 is 1.78 bits per heavy atom. The van der Waals surface area contributed by atoms with Gasteiger partial charge < -0.3 is 9.88 Å². The number of quaternary nitrogens is 1. The molecule has 3 nitrogen and oxygen atoms in total. The molecular weight excluding hydrogens is 284 g/mol. The van der Waals surface area contributed by atoms with Crippen LogP contribution in [0.3, 0.4) is 0 Å². The smallest absolute Gasteiger partial charge is 0.198 e. The Morgan fingerprint density at radius 3 is 2.61 bits per heavy atom. The second-order valence-electron chi connectivity index (χ2n) is 6.75. The van der Waals surface area contributed by atoms with E-state index in [1.54, 1.807) is 4.90 Å². The Balaban J connectivity index is 1.86. The molecule has 23 heavy (non-hydrogen) atoms. The van der Waals surface area contributed by atoms with Crippen molar-refractivity contribution in [2.75, 3.05) is 13.1 Å². The van der Waals surface area contributed by atoms with Gasteiger partial charge in [0.2, 0.25) is 0 Å². The van der Waals surface area contributed by atoms with Crippen LogP contribution in [-0.2, 0) is 6.54 Å². The third-order valence-electron chi connectivity index (χ3n) is 5.20. The number of benzene rings is 2. The number of aromatic nitrogens is 1. The Bertz CT molecular complexity index is 920. The third kappa shape index (κ3) is 2.55. The summed E-state index contributed by atoms with van der Waals surface area (Å²) in [5.74, 6) is 0. The first-order valence-corrected chi connectivity index (χ1v) is 8.61. The first-order chi connectivity index (χ1) is 11.2. The van der Waals surface area contributed by atoms with Gasteiger partial charge in [0.1, 0.15) is 6.54 Å². The van der Waals surface area contributed by atoms with Crippen LogP contribution in [0.4, 0.5) is 0 Å². The number of pyridine rings is 1. The van der Waals surface area contributed by atoms with E-state index in [1.807, 2.05) is 25.1 Å². The maximum Gasteiger partial charge on any atom is 0.198 e. The molecule has 1 saturated heterocycles. The van der Waals surface area contributed by atoms with Gasteiger partial charge in [-0.15, -0.1) is 0 Å². The van der Waals surface area contributed by atoms with Crippen LogP contribution < -0.4 is 10.3 Å². The van der Waals surface area contributed by atoms with Gasteiger partial charge in [0.15, 0.2) is 5.43 Å². The third-order valence-corrected chi connectivity index (χ3v) is 5.20. The van der Waals surface area contributed by atoms with Crippen LogP contribution in [0.5, 0.6) is 0 Å². The molecule has 3 heteroatoms. The Kier molecular flexibility index (Phi) is 3.66. The fourth-order valence-corrected chi connectivity index (χ4v) is 3.88. The number of hydrogen-bond donors (Lipinski definition) is 2. The van der Waals surface area contributed by atoms with Gasteiger partial charge in [-0.25, -0.2) is 0 Å². The lowest BCUT2D eigenvalue weighted by Crippen LogP contribution is -3.11. The van der Waals surface area contributed by atoms with Crippen LogP contribution in [-0.4, -0.2) is 18.1 Å². The summed E-state index contributed by atoms with van der Waals surface area (Å²) in [6.07, 6.45) is 3.90. The molecule has 2 heterocycles. The number of fused-ring (bicyclic) bond motifs is 3. The number of hydrogen-bond acceptors (Lipinski definition) is 1. The van der Waals surface area contributed by atoms with Crippen molar-refractivity contribution < 1.29 is 4.90 Å². The molecule has 1 aliphatic heterocycles. The van der Waals surface area contributed by atoms with Gasteiger partial charge in [0.25, 0.3) is 0 Å². The van der Waals surface area contributed by atoms with Gasteiger partial charge in [-0.1, -0.05) is 30.3 Å². The zero-order valence-corrected chi connectivity index (χ0v) is 13.6. The zero-order chi connectivity index (χ0) is 15.8. The summed E-state index contributed by atoms with van der Waals surface area (Å²) in [6.45, 7) is 5.27. The van der Waals surface area contributed by atoms with Crippen molar-refractivity contribution in [1.29, 1.82) is 0 Å². The first-order valence-electron chi connectivity index (χ1n) is 8.61. The van der Waals surface area contributed by atoms with E-state index in [2.05, 4.69) is 23.2 Å². The quantitative estimate of drug-likeness (QED) is 0.702. The van der Waals surface area contributed by atoms with Crippen molar-refractivity contribution in [2.24, 2.45) is 0 Å². The molecule has 2 N–H and O–H groups in total. The van der Waals surface area contributed by atoms with Crippen LogP contribution in [0.15, 0.2) is 41.2 Å². The van der Waals surface area contributed by atoms with Gasteiger partial charge in [-0.3, -0.25) is 4.79 Å². The maximum atomic E-state index is 13.0. The predicted octanol–water partition coefficient (Wildman–Crippen LogP) is 2.56. The van der Waals surface area contributed by atoms with Crippen LogP contribution >= 0.6 is 0 Å². The Morgan fingerprint density at radius 1 is 1.00 bits per heavy atom. The lowest BCUT2D eigenvalue weighted by Gasteiger charge is -2.24. The highest BCUT2D eigenvalue weighted by atomic mass is 16.1. The molecule has 0 amide bonds. The number of likely N-dealkylation sites (tertiary alicyclic amines) is 1. The van der Waals surface area contributed by atoms with Crippen molar-refractivity contribution in [1.82, 2.24) is 4.98 Å². The van der Waals surface area contributed by atoms with E-state index >= 15 is 0 Å². The van der Waals surface area contributed by atoms with Gasteiger partial charge in [-0.2, -0.15) is 0 Å². The number of rotatable bonds is 2. The molecule has 3 aromatic rings. The van der Waals surface area contributed by atoms with Crippen LogP contribution in [0.2, 0.25) is 0 Å². The van der Waals surface area contributed by atoms with E-state index in [-0.39, 0.29) is 5.43 Å². The standard InChI is InChI=1S/C20H22N2O/c1-14-18(13-22-11-5-2-6-12-22)20(23)17-10-9-15-7-3-4-8-16(15)19(17)21-14/h3-4,7-10H,2,5-6,11-13H2,1H3,(H,21,23)/p+1. The van der Waals surface area contributed by atoms with Gasteiger partial charge in [0, 0.05) is 16.5 Å². The molecule has 0 radical (unpaired) electrons. The normalized spacial score (nSPS) is 16.2. The maximum absolute atomic E-state index is 13.0. The average molecular weight is 307 g/mol. The predicted molar refractivity (Wildman–Crippen MR) is 95.1 cm³/mol. The van der Waals surface area contributed by atoms with E-state index in [0.29, 0.717) is 0 Å². The van der Waals surface area contributed by atoms with Gasteiger partial charge in [0.05, 0.1) is 24.2 Å². The number of aromatic amines is 1. The Labute approximate surface area is 135 Å². The molecule has 1 aliphatic rings. The first kappa shape index (κ1) is 14.5. The van der Waals surface area contributed by atoms with Crippen LogP contribution in [0.25, 0.3) is 21.7 Å². The zero-order valence-electron chi connectivity index (χ0n) is 13.6. The summed E-state index contributed by atoms with van der Waals surface area (Å²) in [4.78, 5) is 18.1. The number of H-pyrrole nitrogens is 1. The highest BCUT2D eigenvalue weighted by molar-refractivity contribution is 6.05. The largest absolute Gasteiger partial charge is 0.357 e. The van der Waals surface area contributed by atoms with Crippen molar-refractivity contribution in [2.45, 2.75) is 32.7 Å². The van der Waals surface area contributed by atoms with Crippen LogP contribution in [0, 0.1) is 6.92 Å². The van der Waals surface area contributed by atoms with E-state index in [4.69, 9.17) is 0 Å². The van der Waals surface area contributed by atoms with Crippen molar-refractivity contribution >= 4 is 21.7 Å². The molecule has 0 spiro atoms. The fourth-order valence-electron chi connectivity index (χ4n) is 3.88. The van der Waals surface area contributed by atoms with Crippen molar-refractivity contribution in [3.63, 3.8) is 0 Å². The lowest BCUT2D eigenvalue weighted by atomic mass is 10.0. The molecule has 0 atom stereocenters. The van der Waals surface area contributed by atoms with E-state index in [1.165, 1.54) is 37.7 Å². The van der Waals surface area contributed by atoms with E-state index in [0.717, 1.165) is 34.1 Å². The number of nitrogens with one attached hydrogen (secondary N) is 2. The number of aryl methyl sites for hydroxylation is 1. The van der Waals surface area contributed by atoms with Gasteiger partial charge in [-0.05, 0) is 37.6 Å². The summed E-state index contributed by atoms with van der Waals surface area (Å²) in [6, 6.07) is 12.3. The minimum atomic E-state index is 0.208. The molecule has 0 unspecified atom stereocenters. The molecule has 2 aromatic carbocycles. The minimum Gasteiger partial charge on any atom is -0.357 e. The average Bonchev–Trinajstić information content (AvgIpc) is 2.59. The topological polar surface area (TPSA) is 37.3 Å². The second kappa shape index (κ2) is 5.82. The lowest BCUT2D eigenvalue weighted by molar-refractivity contribution is -0.918. The summed E-state index contributed by atoms with van der Waals surface area (Å²) in [7, 11) is 0. The van der Waals surface area contributed by atoms with Crippen molar-refractivity contribution in [3.05, 3.63) is 57.9 Å². The molecule has 0 bridgehead atoms. The highest BCUT2D eigenvalue weighted by Crippen LogP contribution is 2.22. The summed E-state index contributed by atoms with van der Waals surface area (Å²) < 4.78 is 0. The summed E-state index contributed by atoms with van der Waals surface area (Å²) >= 11 is 0. The summed E-state index contributed by atoms with van der Waals surface area (Å²) in [5, 5.41) is 3.12. The molecular formula is C20H23N2O+. The molecule has 0 saturated carbocycles. The van der Waals surface area contributed by atoms with Gasteiger partial charge >= 0.3 is 0 Å². The van der Waals surface area contributed by atoms with Crippen LogP contribution in [0.1, 0.15) is 30.5 Å². The molecule has 1 aromatic heterocycles. The summed E-state index contributed by atoms with van der Waals surface area (Å²) in [5.41, 5.74) is 3.17. The second-order valence-corrected chi connectivity index (χ2v) is 6.75. The molecule has 0 aliphatic carbocycles. The molecule has 118 valence electrons. The molecule has 4 rings (SSSR count). The van der Waals surface area contributed by atoms with E-state index in [9.17, 15) is 4.79 Å². The monoisotopic (exact) mass is 307 g/mol. The highest BCUT2D eigenvalue weighted by Gasteiger charge is 2.19. The number of piperidine rings is 1. The minimum absolute atomic E-state index is 0.208. The fraction of sp³-hybridized carbons (Fsp3) is 0.350.